The third kappa shape index (κ3) is 4.23. The highest BCUT2D eigenvalue weighted by atomic mass is 79.9. The van der Waals surface area contributed by atoms with Crippen LogP contribution in [0.5, 0.6) is 5.75 Å². The van der Waals surface area contributed by atoms with Gasteiger partial charge in [-0.25, -0.2) is 0 Å². The van der Waals surface area contributed by atoms with Crippen molar-refractivity contribution in [1.82, 2.24) is 5.32 Å². The Morgan fingerprint density at radius 3 is 2.50 bits per heavy atom. The molecule has 0 saturated carbocycles. The van der Waals surface area contributed by atoms with E-state index >= 15 is 0 Å². The Labute approximate surface area is 132 Å². The van der Waals surface area contributed by atoms with Gasteiger partial charge < -0.3 is 10.1 Å². The van der Waals surface area contributed by atoms with E-state index in [0.29, 0.717) is 12.0 Å². The summed E-state index contributed by atoms with van der Waals surface area (Å²) in [7, 11) is 3.80. The number of aryl methyl sites for hydroxylation is 1. The minimum absolute atomic E-state index is 0.346. The van der Waals surface area contributed by atoms with E-state index in [9.17, 15) is 0 Å². The molecule has 1 aromatic rings. The molecule has 0 heterocycles. The highest BCUT2D eigenvalue weighted by Gasteiger charge is 2.23. The largest absolute Gasteiger partial charge is 0.496 e. The third-order valence-electron chi connectivity index (χ3n) is 4.08. The van der Waals surface area contributed by atoms with Crippen LogP contribution in [-0.2, 0) is 0 Å². The Hall–Kier alpha value is -0.540. The molecule has 0 amide bonds. The Kier molecular flexibility index (Phi) is 7.60. The third-order valence-corrected chi connectivity index (χ3v) is 4.94. The first kappa shape index (κ1) is 17.5. The second kappa shape index (κ2) is 8.68. The summed E-state index contributed by atoms with van der Waals surface area (Å²) < 4.78 is 6.75. The van der Waals surface area contributed by atoms with Crippen molar-refractivity contribution in [1.29, 1.82) is 0 Å². The van der Waals surface area contributed by atoms with Gasteiger partial charge in [-0.05, 0) is 44.0 Å². The van der Waals surface area contributed by atoms with Gasteiger partial charge in [0.1, 0.15) is 5.75 Å². The lowest BCUT2D eigenvalue weighted by atomic mass is 9.86. The SMILES string of the molecule is CCCCC(CC)C(NC)c1cc(Br)c(C)cc1OC. The molecule has 20 heavy (non-hydrogen) atoms. The number of unbranched alkanes of at least 4 members (excludes halogenated alkanes) is 1. The second-order valence-electron chi connectivity index (χ2n) is 5.42. The average molecular weight is 342 g/mol. The van der Waals surface area contributed by atoms with E-state index in [0.717, 1.165) is 10.2 Å². The van der Waals surface area contributed by atoms with E-state index in [2.05, 4.69) is 54.2 Å². The molecule has 0 aliphatic carbocycles. The summed E-state index contributed by atoms with van der Waals surface area (Å²) in [6, 6.07) is 4.68. The van der Waals surface area contributed by atoms with E-state index in [1.807, 2.05) is 7.05 Å². The molecular weight excluding hydrogens is 314 g/mol. The zero-order chi connectivity index (χ0) is 15.1. The molecule has 1 rings (SSSR count). The molecule has 1 N–H and O–H groups in total. The molecule has 0 radical (unpaired) electrons. The summed E-state index contributed by atoms with van der Waals surface area (Å²) in [6.45, 7) is 6.63. The maximum Gasteiger partial charge on any atom is 0.123 e. The summed E-state index contributed by atoms with van der Waals surface area (Å²) in [5, 5.41) is 3.50. The first-order chi connectivity index (χ1) is 9.58. The number of methoxy groups -OCH3 is 1. The fourth-order valence-electron chi connectivity index (χ4n) is 2.81. The predicted octanol–water partition coefficient (Wildman–Crippen LogP) is 5.24. The maximum absolute atomic E-state index is 5.60. The molecule has 0 saturated heterocycles. The highest BCUT2D eigenvalue weighted by Crippen LogP contribution is 2.37. The van der Waals surface area contributed by atoms with Crippen LogP contribution in [0.2, 0.25) is 0 Å². The van der Waals surface area contributed by atoms with Crippen LogP contribution in [0.3, 0.4) is 0 Å². The molecule has 0 bridgehead atoms. The van der Waals surface area contributed by atoms with E-state index in [1.165, 1.54) is 36.8 Å². The summed E-state index contributed by atoms with van der Waals surface area (Å²) in [5.41, 5.74) is 2.47. The van der Waals surface area contributed by atoms with E-state index < -0.39 is 0 Å². The Morgan fingerprint density at radius 2 is 2.00 bits per heavy atom. The van der Waals surface area contributed by atoms with Crippen molar-refractivity contribution in [2.45, 2.75) is 52.5 Å². The fraction of sp³-hybridized carbons (Fsp3) is 0.647. The van der Waals surface area contributed by atoms with Crippen molar-refractivity contribution in [3.8, 4) is 5.75 Å². The Morgan fingerprint density at radius 1 is 1.30 bits per heavy atom. The Balaban J connectivity index is 3.12. The quantitative estimate of drug-likeness (QED) is 0.697. The Bertz CT molecular complexity index is 420. The molecule has 0 spiro atoms. The van der Waals surface area contributed by atoms with Gasteiger partial charge in [0, 0.05) is 16.1 Å². The molecule has 3 heteroatoms. The maximum atomic E-state index is 5.60. The van der Waals surface area contributed by atoms with E-state index in [4.69, 9.17) is 4.74 Å². The minimum atomic E-state index is 0.346. The minimum Gasteiger partial charge on any atom is -0.496 e. The molecular formula is C17H28BrNO. The molecule has 2 unspecified atom stereocenters. The summed E-state index contributed by atoms with van der Waals surface area (Å²) in [4.78, 5) is 0. The predicted molar refractivity (Wildman–Crippen MR) is 90.5 cm³/mol. The zero-order valence-electron chi connectivity index (χ0n) is 13.4. The van der Waals surface area contributed by atoms with Gasteiger partial charge in [0.05, 0.1) is 7.11 Å². The van der Waals surface area contributed by atoms with Gasteiger partial charge in [0.15, 0.2) is 0 Å². The van der Waals surface area contributed by atoms with Crippen LogP contribution in [0.25, 0.3) is 0 Å². The number of rotatable bonds is 8. The average Bonchev–Trinajstić information content (AvgIpc) is 2.46. The van der Waals surface area contributed by atoms with Gasteiger partial charge >= 0.3 is 0 Å². The van der Waals surface area contributed by atoms with Crippen LogP contribution >= 0.6 is 15.9 Å². The first-order valence-electron chi connectivity index (χ1n) is 7.60. The van der Waals surface area contributed by atoms with E-state index in [-0.39, 0.29) is 0 Å². The second-order valence-corrected chi connectivity index (χ2v) is 6.27. The van der Waals surface area contributed by atoms with Gasteiger partial charge in [0.25, 0.3) is 0 Å². The zero-order valence-corrected chi connectivity index (χ0v) is 15.0. The lowest BCUT2D eigenvalue weighted by Crippen LogP contribution is -2.25. The smallest absolute Gasteiger partial charge is 0.123 e. The number of nitrogens with one attached hydrogen (secondary N) is 1. The number of halogens is 1. The molecule has 1 aromatic carbocycles. The summed E-state index contributed by atoms with van der Waals surface area (Å²) in [5.74, 6) is 1.63. The number of hydrogen-bond acceptors (Lipinski definition) is 2. The van der Waals surface area contributed by atoms with Crippen LogP contribution < -0.4 is 10.1 Å². The van der Waals surface area contributed by atoms with Gasteiger partial charge in [-0.1, -0.05) is 49.0 Å². The number of ether oxygens (including phenoxy) is 1. The molecule has 0 fully saturated rings. The van der Waals surface area contributed by atoms with Crippen LogP contribution in [0.1, 0.15) is 56.7 Å². The summed E-state index contributed by atoms with van der Waals surface area (Å²) >= 11 is 3.65. The molecule has 0 aliphatic heterocycles. The first-order valence-corrected chi connectivity index (χ1v) is 8.39. The normalized spacial score (nSPS) is 14.1. The lowest BCUT2D eigenvalue weighted by Gasteiger charge is -2.28. The van der Waals surface area contributed by atoms with Crippen LogP contribution in [-0.4, -0.2) is 14.2 Å². The van der Waals surface area contributed by atoms with Crippen LogP contribution in [0.4, 0.5) is 0 Å². The van der Waals surface area contributed by atoms with Crippen LogP contribution in [0, 0.1) is 12.8 Å². The molecule has 2 nitrogen and oxygen atoms in total. The molecule has 114 valence electrons. The molecule has 2 atom stereocenters. The number of benzene rings is 1. The summed E-state index contributed by atoms with van der Waals surface area (Å²) in [6.07, 6.45) is 4.97. The van der Waals surface area contributed by atoms with Gasteiger partial charge in [-0.15, -0.1) is 0 Å². The van der Waals surface area contributed by atoms with Crippen molar-refractivity contribution in [2.75, 3.05) is 14.2 Å². The molecule has 0 aromatic heterocycles. The van der Waals surface area contributed by atoms with Crippen molar-refractivity contribution in [3.05, 3.63) is 27.7 Å². The van der Waals surface area contributed by atoms with Crippen molar-refractivity contribution >= 4 is 15.9 Å². The monoisotopic (exact) mass is 341 g/mol. The highest BCUT2D eigenvalue weighted by molar-refractivity contribution is 9.10. The van der Waals surface area contributed by atoms with E-state index in [1.54, 1.807) is 7.11 Å². The van der Waals surface area contributed by atoms with Gasteiger partial charge in [0.2, 0.25) is 0 Å². The standard InChI is InChI=1S/C17H28BrNO/c1-6-8-9-13(7-2)17(19-4)14-11-15(18)12(3)10-16(14)20-5/h10-11,13,17,19H,6-9H2,1-5H3. The van der Waals surface area contributed by atoms with Crippen LogP contribution in [0.15, 0.2) is 16.6 Å². The fourth-order valence-corrected chi connectivity index (χ4v) is 3.17. The van der Waals surface area contributed by atoms with Crippen molar-refractivity contribution < 1.29 is 4.74 Å². The molecule has 0 aliphatic rings. The lowest BCUT2D eigenvalue weighted by molar-refractivity contribution is 0.324. The van der Waals surface area contributed by atoms with Crippen molar-refractivity contribution in [2.24, 2.45) is 5.92 Å². The topological polar surface area (TPSA) is 21.3 Å². The number of hydrogen-bond donors (Lipinski definition) is 1. The van der Waals surface area contributed by atoms with Crippen molar-refractivity contribution in [3.63, 3.8) is 0 Å². The van der Waals surface area contributed by atoms with Gasteiger partial charge in [-0.2, -0.15) is 0 Å². The van der Waals surface area contributed by atoms with Gasteiger partial charge in [-0.3, -0.25) is 0 Å².